The van der Waals surface area contributed by atoms with E-state index in [9.17, 15) is 22.8 Å². The molecule has 0 atom stereocenters. The van der Waals surface area contributed by atoms with Gasteiger partial charge in [-0.15, -0.1) is 11.8 Å². The van der Waals surface area contributed by atoms with Crippen molar-refractivity contribution in [1.29, 1.82) is 0 Å². The van der Waals surface area contributed by atoms with Gasteiger partial charge in [-0.05, 0) is 31.2 Å². The summed E-state index contributed by atoms with van der Waals surface area (Å²) < 4.78 is 43.5. The highest BCUT2D eigenvalue weighted by Crippen LogP contribution is 2.31. The van der Waals surface area contributed by atoms with Gasteiger partial charge in [0.1, 0.15) is 0 Å². The van der Waals surface area contributed by atoms with E-state index in [0.717, 1.165) is 12.1 Å². The largest absolute Gasteiger partial charge is 0.416 e. The Morgan fingerprint density at radius 1 is 1.13 bits per heavy atom. The molecule has 3 rings (SSSR count). The van der Waals surface area contributed by atoms with E-state index in [4.69, 9.17) is 4.52 Å². The number of thioether (sulfide) groups is 1. The Hall–Kier alpha value is -3.14. The molecule has 0 saturated heterocycles. The third kappa shape index (κ3) is 5.69. The van der Waals surface area contributed by atoms with Crippen LogP contribution in [0.5, 0.6) is 0 Å². The van der Waals surface area contributed by atoms with Crippen LogP contribution in [0.25, 0.3) is 11.4 Å². The van der Waals surface area contributed by atoms with Crippen LogP contribution in [0, 0.1) is 0 Å². The lowest BCUT2D eigenvalue weighted by molar-refractivity contribution is -0.137. The number of carbonyl (C=O) groups is 2. The predicted octanol–water partition coefficient (Wildman–Crippen LogP) is 4.83. The molecule has 3 aromatic rings. The average Bonchev–Trinajstić information content (AvgIpc) is 3.16. The number of rotatable bonds is 7. The Labute approximate surface area is 173 Å². The van der Waals surface area contributed by atoms with Crippen LogP contribution < -0.4 is 5.32 Å². The van der Waals surface area contributed by atoms with E-state index in [1.54, 1.807) is 24.3 Å². The van der Waals surface area contributed by atoms with Gasteiger partial charge in [-0.25, -0.2) is 0 Å². The van der Waals surface area contributed by atoms with Gasteiger partial charge in [0, 0.05) is 16.8 Å². The SMILES string of the molecule is CC(=O)c1cccc(NC(=O)CSCc2nc(-c3cccc(C(F)(F)F)c3)no2)c1. The van der Waals surface area contributed by atoms with E-state index in [0.29, 0.717) is 11.3 Å². The number of alkyl halides is 3. The molecule has 0 aliphatic heterocycles. The standard InChI is InChI=1S/C20H16F3N3O3S/c1-12(27)13-4-3-7-16(9-13)24-17(28)10-30-11-18-25-19(26-29-18)14-5-2-6-15(8-14)20(21,22)23/h2-9H,10-11H2,1H3,(H,24,28). The van der Waals surface area contributed by atoms with Gasteiger partial charge in [0.2, 0.25) is 17.6 Å². The Morgan fingerprint density at radius 2 is 1.90 bits per heavy atom. The maximum Gasteiger partial charge on any atom is 0.416 e. The summed E-state index contributed by atoms with van der Waals surface area (Å²) in [6.07, 6.45) is -4.46. The molecule has 1 heterocycles. The monoisotopic (exact) mass is 435 g/mol. The van der Waals surface area contributed by atoms with E-state index in [1.807, 2.05) is 0 Å². The molecular weight excluding hydrogens is 419 g/mol. The Morgan fingerprint density at radius 3 is 2.63 bits per heavy atom. The van der Waals surface area contributed by atoms with E-state index >= 15 is 0 Å². The highest BCUT2D eigenvalue weighted by atomic mass is 32.2. The summed E-state index contributed by atoms with van der Waals surface area (Å²) in [7, 11) is 0. The molecule has 10 heteroatoms. The summed E-state index contributed by atoms with van der Waals surface area (Å²) in [6.45, 7) is 1.44. The Balaban J connectivity index is 1.54. The fourth-order valence-electron chi connectivity index (χ4n) is 2.51. The summed E-state index contributed by atoms with van der Waals surface area (Å²) >= 11 is 1.20. The molecule has 30 heavy (non-hydrogen) atoms. The fourth-order valence-corrected chi connectivity index (χ4v) is 3.16. The number of aromatic nitrogens is 2. The first-order valence-electron chi connectivity index (χ1n) is 8.71. The number of anilines is 1. The summed E-state index contributed by atoms with van der Waals surface area (Å²) in [5.41, 5.74) is 0.394. The normalized spacial score (nSPS) is 11.3. The van der Waals surface area contributed by atoms with Crippen LogP contribution in [0.15, 0.2) is 53.1 Å². The van der Waals surface area contributed by atoms with Crippen LogP contribution in [-0.4, -0.2) is 27.6 Å². The van der Waals surface area contributed by atoms with Gasteiger partial charge < -0.3 is 9.84 Å². The smallest absolute Gasteiger partial charge is 0.338 e. The summed E-state index contributed by atoms with van der Waals surface area (Å²) in [4.78, 5) is 27.5. The molecule has 156 valence electrons. The Kier molecular flexibility index (Phi) is 6.56. The summed E-state index contributed by atoms with van der Waals surface area (Å²) in [5, 5.41) is 6.39. The lowest BCUT2D eigenvalue weighted by Gasteiger charge is -2.06. The molecule has 0 fully saturated rings. The summed E-state index contributed by atoms with van der Waals surface area (Å²) in [5.74, 6) is 0.158. The maximum atomic E-state index is 12.8. The van der Waals surface area contributed by atoms with Crippen molar-refractivity contribution in [2.45, 2.75) is 18.9 Å². The van der Waals surface area contributed by atoms with Gasteiger partial charge in [-0.2, -0.15) is 18.2 Å². The first-order chi connectivity index (χ1) is 14.2. The van der Waals surface area contributed by atoms with Crippen LogP contribution in [0.4, 0.5) is 18.9 Å². The minimum atomic E-state index is -4.46. The van der Waals surface area contributed by atoms with Crippen LogP contribution in [-0.2, 0) is 16.7 Å². The summed E-state index contributed by atoms with van der Waals surface area (Å²) in [6, 6.07) is 11.2. The number of benzene rings is 2. The number of Topliss-reactive ketones (excluding diaryl/α,β-unsaturated/α-hetero) is 1. The fraction of sp³-hybridized carbons (Fsp3) is 0.200. The molecule has 0 aliphatic carbocycles. The van der Waals surface area contributed by atoms with Crippen LogP contribution in [0.3, 0.4) is 0 Å². The van der Waals surface area contributed by atoms with E-state index in [1.165, 1.54) is 30.8 Å². The van der Waals surface area contributed by atoms with Gasteiger partial charge in [0.05, 0.1) is 17.1 Å². The van der Waals surface area contributed by atoms with Crippen molar-refractivity contribution < 1.29 is 27.3 Å². The number of carbonyl (C=O) groups excluding carboxylic acids is 2. The lowest BCUT2D eigenvalue weighted by Crippen LogP contribution is -2.14. The molecule has 0 bridgehead atoms. The molecular formula is C20H16F3N3O3S. The second kappa shape index (κ2) is 9.12. The highest BCUT2D eigenvalue weighted by molar-refractivity contribution is 7.99. The molecule has 2 aromatic carbocycles. The van der Waals surface area contributed by atoms with Gasteiger partial charge in [0.15, 0.2) is 5.78 Å². The van der Waals surface area contributed by atoms with Crippen molar-refractivity contribution in [1.82, 2.24) is 10.1 Å². The van der Waals surface area contributed by atoms with Gasteiger partial charge in [0.25, 0.3) is 0 Å². The molecule has 0 saturated carbocycles. The molecule has 0 aliphatic rings. The van der Waals surface area contributed by atoms with E-state index in [-0.39, 0.29) is 40.5 Å². The number of ketones is 1. The predicted molar refractivity (Wildman–Crippen MR) is 106 cm³/mol. The third-order valence-corrected chi connectivity index (χ3v) is 4.85. The zero-order valence-corrected chi connectivity index (χ0v) is 16.5. The second-order valence-corrected chi connectivity index (χ2v) is 7.25. The van der Waals surface area contributed by atoms with Crippen LogP contribution in [0.2, 0.25) is 0 Å². The molecule has 1 N–H and O–H groups in total. The van der Waals surface area contributed by atoms with Gasteiger partial charge >= 0.3 is 6.18 Å². The Bertz CT molecular complexity index is 1070. The zero-order chi connectivity index (χ0) is 21.7. The molecule has 0 radical (unpaired) electrons. The molecule has 1 amide bonds. The van der Waals surface area contributed by atoms with Gasteiger partial charge in [-0.1, -0.05) is 29.4 Å². The lowest BCUT2D eigenvalue weighted by atomic mass is 10.1. The number of hydrogen-bond donors (Lipinski definition) is 1. The topological polar surface area (TPSA) is 85.1 Å². The first-order valence-corrected chi connectivity index (χ1v) is 9.86. The molecule has 0 spiro atoms. The number of nitrogens with zero attached hydrogens (tertiary/aromatic N) is 2. The van der Waals surface area contributed by atoms with Crippen molar-refractivity contribution in [2.75, 3.05) is 11.1 Å². The van der Waals surface area contributed by atoms with Crippen molar-refractivity contribution in [3.8, 4) is 11.4 Å². The molecule has 1 aromatic heterocycles. The highest BCUT2D eigenvalue weighted by Gasteiger charge is 2.30. The van der Waals surface area contributed by atoms with Crippen molar-refractivity contribution in [3.63, 3.8) is 0 Å². The number of amides is 1. The molecule has 6 nitrogen and oxygen atoms in total. The third-order valence-electron chi connectivity index (χ3n) is 3.93. The first kappa shape index (κ1) is 21.6. The minimum absolute atomic E-state index is 0.0437. The number of hydrogen-bond acceptors (Lipinski definition) is 6. The number of halogens is 3. The average molecular weight is 435 g/mol. The molecule has 0 unspecified atom stereocenters. The van der Waals surface area contributed by atoms with Crippen molar-refractivity contribution in [2.24, 2.45) is 0 Å². The van der Waals surface area contributed by atoms with Crippen LogP contribution in [0.1, 0.15) is 28.7 Å². The van der Waals surface area contributed by atoms with Crippen molar-refractivity contribution in [3.05, 3.63) is 65.5 Å². The van der Waals surface area contributed by atoms with Crippen LogP contribution >= 0.6 is 11.8 Å². The second-order valence-electron chi connectivity index (χ2n) is 6.27. The zero-order valence-electron chi connectivity index (χ0n) is 15.7. The van der Waals surface area contributed by atoms with Gasteiger partial charge in [-0.3, -0.25) is 9.59 Å². The number of nitrogens with one attached hydrogen (secondary N) is 1. The maximum absolute atomic E-state index is 12.8. The van der Waals surface area contributed by atoms with E-state index in [2.05, 4.69) is 15.5 Å². The quantitative estimate of drug-likeness (QED) is 0.535. The minimum Gasteiger partial charge on any atom is -0.338 e. The van der Waals surface area contributed by atoms with E-state index < -0.39 is 11.7 Å². The van der Waals surface area contributed by atoms with Crippen molar-refractivity contribution >= 4 is 29.1 Å².